The van der Waals surface area contributed by atoms with Crippen molar-refractivity contribution in [3.8, 4) is 5.75 Å². The van der Waals surface area contributed by atoms with Gasteiger partial charge in [-0.1, -0.05) is 12.1 Å². The van der Waals surface area contributed by atoms with E-state index >= 15 is 0 Å². The van der Waals surface area contributed by atoms with Gasteiger partial charge in [-0.3, -0.25) is 0 Å². The predicted molar refractivity (Wildman–Crippen MR) is 71.9 cm³/mol. The summed E-state index contributed by atoms with van der Waals surface area (Å²) in [6.07, 6.45) is 2.36. The van der Waals surface area contributed by atoms with Crippen LogP contribution >= 0.6 is 11.3 Å². The van der Waals surface area contributed by atoms with E-state index in [9.17, 15) is 0 Å². The summed E-state index contributed by atoms with van der Waals surface area (Å²) in [6.45, 7) is 1.70. The lowest BCUT2D eigenvalue weighted by atomic mass is 10.0. The van der Waals surface area contributed by atoms with Crippen LogP contribution in [0.15, 0.2) is 35.0 Å². The fraction of sp³-hybridized carbons (Fsp3) is 0.286. The van der Waals surface area contributed by atoms with E-state index < -0.39 is 0 Å². The summed E-state index contributed by atoms with van der Waals surface area (Å²) in [5, 5.41) is 7.65. The number of rotatable bonds is 3. The van der Waals surface area contributed by atoms with Gasteiger partial charge in [0.25, 0.3) is 0 Å². The third-order valence-electron chi connectivity index (χ3n) is 3.01. The van der Waals surface area contributed by atoms with E-state index in [4.69, 9.17) is 4.74 Å². The first kappa shape index (κ1) is 10.7. The molecule has 88 valence electrons. The fourth-order valence-corrected chi connectivity index (χ4v) is 2.79. The van der Waals surface area contributed by atoms with E-state index in [1.165, 1.54) is 23.2 Å². The third-order valence-corrected chi connectivity index (χ3v) is 3.74. The molecule has 0 saturated heterocycles. The molecule has 0 aliphatic carbocycles. The minimum absolute atomic E-state index is 0.654. The number of para-hydroxylation sites is 1. The number of thiophene rings is 1. The highest BCUT2D eigenvalue weighted by molar-refractivity contribution is 7.07. The van der Waals surface area contributed by atoms with E-state index in [0.717, 1.165) is 18.7 Å². The van der Waals surface area contributed by atoms with Crippen LogP contribution in [0.4, 0.5) is 5.69 Å². The van der Waals surface area contributed by atoms with Gasteiger partial charge in [-0.2, -0.15) is 11.3 Å². The summed E-state index contributed by atoms with van der Waals surface area (Å²) in [6, 6.07) is 8.41. The van der Waals surface area contributed by atoms with E-state index in [0.29, 0.717) is 6.61 Å². The summed E-state index contributed by atoms with van der Waals surface area (Å²) >= 11 is 1.71. The molecular weight excluding hydrogens is 230 g/mol. The van der Waals surface area contributed by atoms with Crippen molar-refractivity contribution in [2.24, 2.45) is 0 Å². The van der Waals surface area contributed by atoms with Crippen LogP contribution in [0, 0.1) is 0 Å². The number of benzene rings is 1. The molecule has 0 atom stereocenters. The first-order chi connectivity index (χ1) is 8.43. The van der Waals surface area contributed by atoms with Gasteiger partial charge in [-0.05, 0) is 46.9 Å². The third kappa shape index (κ3) is 2.29. The molecule has 0 fully saturated rings. The van der Waals surface area contributed by atoms with Gasteiger partial charge in [-0.15, -0.1) is 0 Å². The summed E-state index contributed by atoms with van der Waals surface area (Å²) in [4.78, 5) is 0. The number of ether oxygens (including phenoxy) is 1. The molecule has 1 aliphatic rings. The monoisotopic (exact) mass is 245 g/mol. The molecule has 0 saturated carbocycles. The van der Waals surface area contributed by atoms with Crippen LogP contribution in [0.5, 0.6) is 5.75 Å². The summed E-state index contributed by atoms with van der Waals surface area (Å²) in [5.74, 6) is 0.980. The highest BCUT2D eigenvalue weighted by Gasteiger charge is 2.13. The molecule has 0 unspecified atom stereocenters. The van der Waals surface area contributed by atoms with Gasteiger partial charge in [0.2, 0.25) is 0 Å². The van der Waals surface area contributed by atoms with Crippen molar-refractivity contribution in [3.63, 3.8) is 0 Å². The van der Waals surface area contributed by atoms with Gasteiger partial charge in [0, 0.05) is 6.54 Å². The molecular formula is C14H15NOS. The molecule has 2 nitrogen and oxygen atoms in total. The first-order valence-corrected chi connectivity index (χ1v) is 6.87. The van der Waals surface area contributed by atoms with Crippen molar-refractivity contribution in [3.05, 3.63) is 46.2 Å². The fourth-order valence-electron chi connectivity index (χ4n) is 2.13. The molecule has 17 heavy (non-hydrogen) atoms. The number of hydrogen-bond acceptors (Lipinski definition) is 3. The minimum Gasteiger partial charge on any atom is -0.487 e. The van der Waals surface area contributed by atoms with Crippen molar-refractivity contribution < 1.29 is 4.74 Å². The molecule has 3 rings (SSSR count). The number of aryl methyl sites for hydroxylation is 1. The van der Waals surface area contributed by atoms with Crippen molar-refractivity contribution >= 4 is 17.0 Å². The highest BCUT2D eigenvalue weighted by Crippen LogP contribution is 2.32. The van der Waals surface area contributed by atoms with Gasteiger partial charge in [0.05, 0.1) is 5.69 Å². The molecule has 1 aromatic heterocycles. The van der Waals surface area contributed by atoms with Crippen molar-refractivity contribution in [2.75, 3.05) is 11.9 Å². The minimum atomic E-state index is 0.654. The van der Waals surface area contributed by atoms with Gasteiger partial charge >= 0.3 is 0 Å². The lowest BCUT2D eigenvalue weighted by Gasteiger charge is -2.21. The maximum Gasteiger partial charge on any atom is 0.143 e. The Labute approximate surface area is 105 Å². The Hall–Kier alpha value is -1.48. The molecule has 0 spiro atoms. The van der Waals surface area contributed by atoms with Crippen LogP contribution in [0.2, 0.25) is 0 Å². The molecule has 1 aliphatic heterocycles. The van der Waals surface area contributed by atoms with Crippen LogP contribution < -0.4 is 10.1 Å². The second kappa shape index (κ2) is 4.80. The molecule has 2 heterocycles. The van der Waals surface area contributed by atoms with Crippen molar-refractivity contribution in [1.82, 2.24) is 0 Å². The zero-order chi connectivity index (χ0) is 11.5. The SMILES string of the molecule is c1cc2c(c(OCc3ccsc3)c1)NCCC2. The summed E-state index contributed by atoms with van der Waals surface area (Å²) in [7, 11) is 0. The van der Waals surface area contributed by atoms with E-state index in [1.54, 1.807) is 11.3 Å². The summed E-state index contributed by atoms with van der Waals surface area (Å²) in [5.41, 5.74) is 3.80. The van der Waals surface area contributed by atoms with Gasteiger partial charge in [0.1, 0.15) is 12.4 Å². The quantitative estimate of drug-likeness (QED) is 0.890. The average molecular weight is 245 g/mol. The van der Waals surface area contributed by atoms with Gasteiger partial charge in [0.15, 0.2) is 0 Å². The van der Waals surface area contributed by atoms with Crippen molar-refractivity contribution in [2.45, 2.75) is 19.4 Å². The number of nitrogens with one attached hydrogen (secondary N) is 1. The van der Waals surface area contributed by atoms with Crippen LogP contribution in [0.25, 0.3) is 0 Å². The Kier molecular flexibility index (Phi) is 3.01. The maximum absolute atomic E-state index is 5.89. The smallest absolute Gasteiger partial charge is 0.143 e. The van der Waals surface area contributed by atoms with Crippen LogP contribution in [0.3, 0.4) is 0 Å². The summed E-state index contributed by atoms with van der Waals surface area (Å²) < 4.78 is 5.89. The van der Waals surface area contributed by atoms with E-state index in [-0.39, 0.29) is 0 Å². The highest BCUT2D eigenvalue weighted by atomic mass is 32.1. The molecule has 2 aromatic rings. The lowest BCUT2D eigenvalue weighted by Crippen LogP contribution is -2.13. The predicted octanol–water partition coefficient (Wildman–Crippen LogP) is 3.69. The molecule has 0 bridgehead atoms. The maximum atomic E-state index is 5.89. The normalized spacial score (nSPS) is 13.9. The molecule has 1 N–H and O–H groups in total. The first-order valence-electron chi connectivity index (χ1n) is 5.93. The standard InChI is InChI=1S/C14H15NOS/c1-3-12-4-2-7-15-14(12)13(5-1)16-9-11-6-8-17-10-11/h1,3,5-6,8,10,15H,2,4,7,9H2. The van der Waals surface area contributed by atoms with Crippen LogP contribution in [-0.2, 0) is 13.0 Å². The average Bonchev–Trinajstić information content (AvgIpc) is 2.89. The Morgan fingerprint density at radius 2 is 2.29 bits per heavy atom. The largest absolute Gasteiger partial charge is 0.487 e. The Balaban J connectivity index is 1.78. The molecule has 1 aromatic carbocycles. The zero-order valence-corrected chi connectivity index (χ0v) is 10.4. The van der Waals surface area contributed by atoms with E-state index in [1.807, 2.05) is 6.07 Å². The van der Waals surface area contributed by atoms with Gasteiger partial charge in [-0.25, -0.2) is 0 Å². The second-order valence-corrected chi connectivity index (χ2v) is 5.02. The molecule has 0 amide bonds. The second-order valence-electron chi connectivity index (χ2n) is 4.24. The zero-order valence-electron chi connectivity index (χ0n) is 9.61. The molecule has 3 heteroatoms. The lowest BCUT2D eigenvalue weighted by molar-refractivity contribution is 0.307. The Morgan fingerprint density at radius 1 is 1.29 bits per heavy atom. The van der Waals surface area contributed by atoms with Crippen LogP contribution in [0.1, 0.15) is 17.5 Å². The Morgan fingerprint density at radius 3 is 3.18 bits per heavy atom. The van der Waals surface area contributed by atoms with Gasteiger partial charge < -0.3 is 10.1 Å². The van der Waals surface area contributed by atoms with Crippen LogP contribution in [-0.4, -0.2) is 6.54 Å². The number of anilines is 1. The number of fused-ring (bicyclic) bond motifs is 1. The molecule has 0 radical (unpaired) electrons. The topological polar surface area (TPSA) is 21.3 Å². The van der Waals surface area contributed by atoms with E-state index in [2.05, 4.69) is 34.3 Å². The number of hydrogen-bond donors (Lipinski definition) is 1. The Bertz CT molecular complexity index is 493. The van der Waals surface area contributed by atoms with Crippen molar-refractivity contribution in [1.29, 1.82) is 0 Å².